The molecule has 1 fully saturated rings. The van der Waals surface area contributed by atoms with E-state index in [1.165, 1.54) is 0 Å². The van der Waals surface area contributed by atoms with Crippen molar-refractivity contribution in [2.24, 2.45) is 5.73 Å². The number of aliphatic carboxylic acids is 1. The van der Waals surface area contributed by atoms with Crippen molar-refractivity contribution in [1.82, 2.24) is 0 Å². The minimum atomic E-state index is -0.951. The van der Waals surface area contributed by atoms with E-state index < -0.39 is 17.4 Å². The van der Waals surface area contributed by atoms with Crippen LogP contribution in [0.15, 0.2) is 18.2 Å². The lowest BCUT2D eigenvalue weighted by Crippen LogP contribution is -2.32. The van der Waals surface area contributed by atoms with Gasteiger partial charge in [0.1, 0.15) is 0 Å². The van der Waals surface area contributed by atoms with Gasteiger partial charge in [-0.05, 0) is 42.5 Å². The number of carbonyl (C=O) groups is 1. The molecule has 0 saturated heterocycles. The van der Waals surface area contributed by atoms with Gasteiger partial charge in [0, 0.05) is 11.1 Å². The fourth-order valence-electron chi connectivity index (χ4n) is 2.40. The Balaban J connectivity index is 0.00000200. The lowest BCUT2D eigenvalue weighted by atomic mass is 9.65. The van der Waals surface area contributed by atoms with Crippen LogP contribution in [0.25, 0.3) is 0 Å². The smallest absolute Gasteiger partial charge is 0.305 e. The Morgan fingerprint density at radius 3 is 2.60 bits per heavy atom. The minimum Gasteiger partial charge on any atom is -0.481 e. The fourth-order valence-corrected chi connectivity index (χ4v) is 2.65. The summed E-state index contributed by atoms with van der Waals surface area (Å²) >= 11 is 6.06. The van der Waals surface area contributed by atoms with Gasteiger partial charge in [-0.2, -0.15) is 5.26 Å². The molecule has 1 aliphatic carbocycles. The van der Waals surface area contributed by atoms with Gasteiger partial charge in [0.05, 0.1) is 17.9 Å². The van der Waals surface area contributed by atoms with Crippen LogP contribution in [0, 0.1) is 11.3 Å². The highest BCUT2D eigenvalue weighted by Crippen LogP contribution is 2.44. The average molecular weight is 315 g/mol. The predicted octanol–water partition coefficient (Wildman–Crippen LogP) is 3.18. The van der Waals surface area contributed by atoms with Crippen LogP contribution in [0.4, 0.5) is 0 Å². The third kappa shape index (κ3) is 3.24. The van der Waals surface area contributed by atoms with Crippen LogP contribution in [-0.4, -0.2) is 11.1 Å². The monoisotopic (exact) mass is 314 g/mol. The topological polar surface area (TPSA) is 87.1 Å². The summed E-state index contributed by atoms with van der Waals surface area (Å²) in [7, 11) is 0. The van der Waals surface area contributed by atoms with E-state index in [-0.39, 0.29) is 18.8 Å². The lowest BCUT2D eigenvalue weighted by molar-refractivity contribution is -0.137. The maximum atomic E-state index is 10.7. The normalized spacial score (nSPS) is 17.2. The molecule has 108 valence electrons. The number of benzene rings is 1. The standard InChI is InChI=1S/C14H15ClN2O2.ClH/c15-11-5-9(12(17)7-13(18)19)4-10(6-11)14(8-16)2-1-3-14;/h4-6,12H,1-3,7,17H2,(H,18,19);1H. The molecule has 0 spiro atoms. The molecule has 1 aromatic rings. The second-order valence-corrected chi connectivity index (χ2v) is 5.46. The van der Waals surface area contributed by atoms with Crippen molar-refractivity contribution in [3.63, 3.8) is 0 Å². The van der Waals surface area contributed by atoms with Gasteiger partial charge < -0.3 is 10.8 Å². The predicted molar refractivity (Wildman–Crippen MR) is 79.0 cm³/mol. The summed E-state index contributed by atoms with van der Waals surface area (Å²) in [6.45, 7) is 0. The molecule has 1 unspecified atom stereocenters. The summed E-state index contributed by atoms with van der Waals surface area (Å²) in [5, 5.41) is 18.6. The summed E-state index contributed by atoms with van der Waals surface area (Å²) in [4.78, 5) is 10.7. The van der Waals surface area contributed by atoms with Crippen LogP contribution < -0.4 is 5.73 Å². The van der Waals surface area contributed by atoms with E-state index >= 15 is 0 Å². The molecule has 2 rings (SSSR count). The van der Waals surface area contributed by atoms with Gasteiger partial charge in [-0.1, -0.05) is 17.7 Å². The Kier molecular flexibility index (Phi) is 5.41. The van der Waals surface area contributed by atoms with E-state index in [9.17, 15) is 10.1 Å². The zero-order valence-corrected chi connectivity index (χ0v) is 12.4. The molecule has 1 saturated carbocycles. The molecular weight excluding hydrogens is 299 g/mol. The Morgan fingerprint density at radius 1 is 1.50 bits per heavy atom. The van der Waals surface area contributed by atoms with E-state index in [0.717, 1.165) is 24.8 Å². The summed E-state index contributed by atoms with van der Waals surface area (Å²) in [5.41, 5.74) is 6.91. The Morgan fingerprint density at radius 2 is 2.15 bits per heavy atom. The van der Waals surface area contributed by atoms with E-state index in [1.54, 1.807) is 12.1 Å². The number of nitrogens with zero attached hydrogens (tertiary/aromatic N) is 1. The molecule has 1 aromatic carbocycles. The summed E-state index contributed by atoms with van der Waals surface area (Å²) in [5.74, 6) is -0.951. The van der Waals surface area contributed by atoms with Crippen molar-refractivity contribution in [1.29, 1.82) is 5.26 Å². The van der Waals surface area contributed by atoms with E-state index in [0.29, 0.717) is 10.6 Å². The molecule has 20 heavy (non-hydrogen) atoms. The first kappa shape index (κ1) is 16.8. The second kappa shape index (κ2) is 6.45. The summed E-state index contributed by atoms with van der Waals surface area (Å²) in [6, 6.07) is 7.01. The Hall–Kier alpha value is -1.28. The molecule has 1 atom stereocenters. The van der Waals surface area contributed by atoms with Crippen LogP contribution in [-0.2, 0) is 10.2 Å². The average Bonchev–Trinajstić information content (AvgIpc) is 2.26. The van der Waals surface area contributed by atoms with Crippen LogP contribution in [0.2, 0.25) is 5.02 Å². The van der Waals surface area contributed by atoms with Crippen molar-refractivity contribution >= 4 is 30.0 Å². The molecule has 6 heteroatoms. The van der Waals surface area contributed by atoms with Gasteiger partial charge in [-0.3, -0.25) is 4.79 Å². The SMILES string of the molecule is Cl.N#CC1(c2cc(Cl)cc(C(N)CC(=O)O)c2)CCC1. The van der Waals surface area contributed by atoms with Gasteiger partial charge >= 0.3 is 5.97 Å². The number of carboxylic acids is 1. The van der Waals surface area contributed by atoms with Crippen LogP contribution in [0.1, 0.15) is 42.9 Å². The van der Waals surface area contributed by atoms with Gasteiger partial charge in [-0.25, -0.2) is 0 Å². The maximum absolute atomic E-state index is 10.7. The minimum absolute atomic E-state index is 0. The second-order valence-electron chi connectivity index (χ2n) is 5.03. The molecule has 0 bridgehead atoms. The van der Waals surface area contributed by atoms with Crippen molar-refractivity contribution in [3.8, 4) is 6.07 Å². The number of halogens is 2. The van der Waals surface area contributed by atoms with Gasteiger partial charge in [0.25, 0.3) is 0 Å². The summed E-state index contributed by atoms with van der Waals surface area (Å²) < 4.78 is 0. The van der Waals surface area contributed by atoms with E-state index in [2.05, 4.69) is 6.07 Å². The van der Waals surface area contributed by atoms with Crippen molar-refractivity contribution in [2.45, 2.75) is 37.1 Å². The zero-order chi connectivity index (χ0) is 14.0. The quantitative estimate of drug-likeness (QED) is 0.893. The van der Waals surface area contributed by atoms with Crippen LogP contribution >= 0.6 is 24.0 Å². The number of hydrogen-bond acceptors (Lipinski definition) is 3. The first-order chi connectivity index (χ1) is 8.97. The van der Waals surface area contributed by atoms with Gasteiger partial charge in [-0.15, -0.1) is 12.4 Å². The molecule has 0 aromatic heterocycles. The molecule has 0 amide bonds. The number of nitriles is 1. The van der Waals surface area contributed by atoms with Crippen molar-refractivity contribution in [3.05, 3.63) is 34.3 Å². The molecule has 0 aliphatic heterocycles. The number of rotatable bonds is 4. The highest BCUT2D eigenvalue weighted by atomic mass is 35.5. The number of carboxylic acid groups (broad SMARTS) is 1. The zero-order valence-electron chi connectivity index (χ0n) is 10.8. The van der Waals surface area contributed by atoms with Crippen molar-refractivity contribution < 1.29 is 9.90 Å². The van der Waals surface area contributed by atoms with E-state index in [1.807, 2.05) is 6.07 Å². The number of nitrogens with two attached hydrogens (primary N) is 1. The third-order valence-corrected chi connectivity index (χ3v) is 3.93. The first-order valence-corrected chi connectivity index (χ1v) is 6.54. The van der Waals surface area contributed by atoms with Gasteiger partial charge in [0.15, 0.2) is 0 Å². The highest BCUT2D eigenvalue weighted by Gasteiger charge is 2.39. The lowest BCUT2D eigenvalue weighted by Gasteiger charge is -2.36. The first-order valence-electron chi connectivity index (χ1n) is 6.16. The molecule has 0 radical (unpaired) electrons. The highest BCUT2D eigenvalue weighted by molar-refractivity contribution is 6.30. The Labute approximate surface area is 128 Å². The molecule has 0 heterocycles. The molecule has 1 aliphatic rings. The van der Waals surface area contributed by atoms with Crippen molar-refractivity contribution in [2.75, 3.05) is 0 Å². The summed E-state index contributed by atoms with van der Waals surface area (Å²) in [6.07, 6.45) is 2.50. The van der Waals surface area contributed by atoms with Crippen LogP contribution in [0.5, 0.6) is 0 Å². The van der Waals surface area contributed by atoms with Crippen LogP contribution in [0.3, 0.4) is 0 Å². The molecule has 3 N–H and O–H groups in total. The number of hydrogen-bond donors (Lipinski definition) is 2. The van der Waals surface area contributed by atoms with Gasteiger partial charge in [0.2, 0.25) is 0 Å². The van der Waals surface area contributed by atoms with E-state index in [4.69, 9.17) is 22.4 Å². The Bertz CT molecular complexity index is 551. The molecular formula is C14H16Cl2N2O2. The third-order valence-electron chi connectivity index (χ3n) is 3.72. The fraction of sp³-hybridized carbons (Fsp3) is 0.429. The maximum Gasteiger partial charge on any atom is 0.305 e. The molecule has 4 nitrogen and oxygen atoms in total. The largest absolute Gasteiger partial charge is 0.481 e.